The number of hydrogen-bond acceptors (Lipinski definition) is 5. The minimum absolute atomic E-state index is 0.0585. The van der Waals surface area contributed by atoms with E-state index in [-0.39, 0.29) is 29.4 Å². The molecule has 6 nitrogen and oxygen atoms in total. The summed E-state index contributed by atoms with van der Waals surface area (Å²) >= 11 is 0. The molecule has 1 heterocycles. The molecule has 0 aliphatic carbocycles. The van der Waals surface area contributed by atoms with Crippen molar-refractivity contribution in [1.82, 2.24) is 0 Å². The molecule has 0 N–H and O–H groups in total. The van der Waals surface area contributed by atoms with E-state index in [1.165, 1.54) is 0 Å². The number of benzene rings is 3. The number of Topliss-reactive ketones (excluding diaryl/α,β-unsaturated/α-hetero) is 1. The molecule has 0 saturated heterocycles. The maximum absolute atomic E-state index is 13.0. The Morgan fingerprint density at radius 3 is 2.03 bits per heavy atom. The first-order valence-electron chi connectivity index (χ1n) is 11.0. The Hall–Kier alpha value is -3.58. The minimum Gasteiger partial charge on any atom is -0.294 e. The van der Waals surface area contributed by atoms with E-state index in [1.807, 2.05) is 19.1 Å². The summed E-state index contributed by atoms with van der Waals surface area (Å²) in [6, 6.07) is 18.6. The molecular weight excluding hydrogens is 450 g/mol. The normalized spacial score (nSPS) is 13.5. The molecule has 0 unspecified atom stereocenters. The molecule has 0 atom stereocenters. The van der Waals surface area contributed by atoms with E-state index < -0.39 is 21.0 Å². The molecule has 7 heteroatoms. The summed E-state index contributed by atoms with van der Waals surface area (Å²) < 4.78 is 24.2. The number of hydrogen-bond donors (Lipinski definition) is 0. The molecule has 0 radical (unpaired) electrons. The molecule has 174 valence electrons. The third-order valence-corrected chi connectivity index (χ3v) is 8.14. The van der Waals surface area contributed by atoms with Crippen molar-refractivity contribution in [3.8, 4) is 0 Å². The third kappa shape index (κ3) is 4.56. The van der Waals surface area contributed by atoms with Crippen LogP contribution in [-0.4, -0.2) is 31.3 Å². The lowest BCUT2D eigenvalue weighted by atomic mass is 9.99. The molecule has 0 bridgehead atoms. The SMILES string of the molecule is Cc1ccc(N2C(=O)c3ccc(CC(=O)c4ccc(CS(=O)(=O)C(C)C)cc4)cc3C2=O)cc1. The zero-order valence-corrected chi connectivity index (χ0v) is 20.1. The first-order chi connectivity index (χ1) is 16.1. The Bertz CT molecular complexity index is 1390. The van der Waals surface area contributed by atoms with Crippen LogP contribution >= 0.6 is 0 Å². The van der Waals surface area contributed by atoms with E-state index in [2.05, 4.69) is 0 Å². The van der Waals surface area contributed by atoms with Gasteiger partial charge in [0.05, 0.1) is 27.8 Å². The van der Waals surface area contributed by atoms with Gasteiger partial charge in [-0.25, -0.2) is 13.3 Å². The van der Waals surface area contributed by atoms with Crippen LogP contribution < -0.4 is 4.90 Å². The fourth-order valence-corrected chi connectivity index (χ4v) is 4.79. The molecule has 1 aliphatic heterocycles. The van der Waals surface area contributed by atoms with Crippen LogP contribution in [0, 0.1) is 6.92 Å². The minimum atomic E-state index is -3.22. The number of anilines is 1. The van der Waals surface area contributed by atoms with Crippen molar-refractivity contribution in [2.24, 2.45) is 0 Å². The number of imide groups is 1. The van der Waals surface area contributed by atoms with E-state index in [4.69, 9.17) is 0 Å². The molecular formula is C27H25NO5S. The van der Waals surface area contributed by atoms with Crippen molar-refractivity contribution in [2.45, 2.75) is 38.2 Å². The number of aryl methyl sites for hydroxylation is 1. The number of carbonyl (C=O) groups is 3. The average molecular weight is 476 g/mol. The smallest absolute Gasteiger partial charge is 0.266 e. The van der Waals surface area contributed by atoms with Crippen LogP contribution in [0.3, 0.4) is 0 Å². The second-order valence-electron chi connectivity index (χ2n) is 8.81. The van der Waals surface area contributed by atoms with E-state index in [0.29, 0.717) is 27.9 Å². The Labute approximate surface area is 199 Å². The van der Waals surface area contributed by atoms with Gasteiger partial charge >= 0.3 is 0 Å². The Morgan fingerprint density at radius 2 is 1.41 bits per heavy atom. The molecule has 34 heavy (non-hydrogen) atoms. The van der Waals surface area contributed by atoms with E-state index >= 15 is 0 Å². The highest BCUT2D eigenvalue weighted by Crippen LogP contribution is 2.29. The number of amides is 2. The van der Waals surface area contributed by atoms with Crippen LogP contribution in [0.25, 0.3) is 0 Å². The lowest BCUT2D eigenvalue weighted by Crippen LogP contribution is -2.29. The molecule has 1 aliphatic rings. The van der Waals surface area contributed by atoms with Gasteiger partial charge in [0.1, 0.15) is 0 Å². The van der Waals surface area contributed by atoms with Crippen molar-refractivity contribution in [3.63, 3.8) is 0 Å². The van der Waals surface area contributed by atoms with Gasteiger partial charge in [-0.2, -0.15) is 0 Å². The molecule has 0 fully saturated rings. The molecule has 0 saturated carbocycles. The number of fused-ring (bicyclic) bond motifs is 1. The van der Waals surface area contributed by atoms with Gasteiger partial charge in [0, 0.05) is 12.0 Å². The van der Waals surface area contributed by atoms with Crippen molar-refractivity contribution in [1.29, 1.82) is 0 Å². The van der Waals surface area contributed by atoms with E-state index in [1.54, 1.807) is 68.4 Å². The van der Waals surface area contributed by atoms with Crippen molar-refractivity contribution in [2.75, 3.05) is 4.90 Å². The molecule has 4 rings (SSSR count). The quantitative estimate of drug-likeness (QED) is 0.370. The van der Waals surface area contributed by atoms with Gasteiger partial charge < -0.3 is 0 Å². The van der Waals surface area contributed by atoms with Gasteiger partial charge in [-0.1, -0.05) is 48.0 Å². The maximum atomic E-state index is 13.0. The van der Waals surface area contributed by atoms with Crippen LogP contribution in [0.1, 0.15) is 61.6 Å². The highest BCUT2D eigenvalue weighted by atomic mass is 32.2. The first-order valence-corrected chi connectivity index (χ1v) is 12.7. The van der Waals surface area contributed by atoms with Crippen molar-refractivity contribution < 1.29 is 22.8 Å². The van der Waals surface area contributed by atoms with Gasteiger partial charge in [0.2, 0.25) is 0 Å². The second kappa shape index (κ2) is 8.99. The number of carbonyl (C=O) groups excluding carboxylic acids is 3. The predicted octanol–water partition coefficient (Wildman–Crippen LogP) is 4.54. The average Bonchev–Trinajstić information content (AvgIpc) is 3.04. The zero-order valence-electron chi connectivity index (χ0n) is 19.2. The second-order valence-corrected chi connectivity index (χ2v) is 11.4. The fourth-order valence-electron chi connectivity index (χ4n) is 3.80. The molecule has 0 aromatic heterocycles. The molecule has 3 aromatic carbocycles. The molecule has 0 spiro atoms. The summed E-state index contributed by atoms with van der Waals surface area (Å²) in [7, 11) is -3.22. The van der Waals surface area contributed by atoms with Crippen LogP contribution in [0.4, 0.5) is 5.69 Å². The highest BCUT2D eigenvalue weighted by molar-refractivity contribution is 7.91. The monoisotopic (exact) mass is 475 g/mol. The highest BCUT2D eigenvalue weighted by Gasteiger charge is 2.36. The fraction of sp³-hybridized carbons (Fsp3) is 0.222. The van der Waals surface area contributed by atoms with Crippen molar-refractivity contribution >= 4 is 33.1 Å². The summed E-state index contributed by atoms with van der Waals surface area (Å²) in [6.45, 7) is 5.21. The predicted molar refractivity (Wildman–Crippen MR) is 131 cm³/mol. The number of ketones is 1. The van der Waals surface area contributed by atoms with Gasteiger partial charge in [0.15, 0.2) is 15.6 Å². The van der Waals surface area contributed by atoms with Crippen molar-refractivity contribution in [3.05, 3.63) is 100 Å². The largest absolute Gasteiger partial charge is 0.294 e. The Morgan fingerprint density at radius 1 is 0.824 bits per heavy atom. The van der Waals surface area contributed by atoms with Crippen LogP contribution in [-0.2, 0) is 22.0 Å². The van der Waals surface area contributed by atoms with E-state index in [0.717, 1.165) is 10.5 Å². The lowest BCUT2D eigenvalue weighted by molar-refractivity contribution is 0.0923. The number of nitrogens with zero attached hydrogens (tertiary/aromatic N) is 1. The number of rotatable bonds is 7. The zero-order chi connectivity index (χ0) is 24.6. The van der Waals surface area contributed by atoms with E-state index in [9.17, 15) is 22.8 Å². The van der Waals surface area contributed by atoms with Gasteiger partial charge in [-0.05, 0) is 56.2 Å². The summed E-state index contributed by atoms with van der Waals surface area (Å²) in [5, 5.41) is -0.467. The van der Waals surface area contributed by atoms with Gasteiger partial charge in [0.25, 0.3) is 11.8 Å². The Balaban J connectivity index is 1.50. The maximum Gasteiger partial charge on any atom is 0.266 e. The number of sulfone groups is 1. The first kappa shape index (κ1) is 23.6. The summed E-state index contributed by atoms with van der Waals surface area (Å²) in [5.74, 6) is -1.02. The summed E-state index contributed by atoms with van der Waals surface area (Å²) in [4.78, 5) is 39.7. The van der Waals surface area contributed by atoms with Crippen LogP contribution in [0.5, 0.6) is 0 Å². The standard InChI is InChI=1S/C27H25NO5S/c1-17(2)34(32,33)16-19-6-9-21(10-7-19)25(29)15-20-8-13-23-24(14-20)27(31)28(26(23)30)22-11-4-18(3)5-12-22/h4-14,17H,15-16H2,1-3H3. The lowest BCUT2D eigenvalue weighted by Gasteiger charge is -2.13. The van der Waals surface area contributed by atoms with Gasteiger partial charge in [-0.15, -0.1) is 0 Å². The molecule has 3 aromatic rings. The van der Waals surface area contributed by atoms with Gasteiger partial charge in [-0.3, -0.25) is 14.4 Å². The molecule has 2 amide bonds. The third-order valence-electron chi connectivity index (χ3n) is 5.97. The Kier molecular flexibility index (Phi) is 6.23. The summed E-state index contributed by atoms with van der Waals surface area (Å²) in [6.07, 6.45) is 0.0585. The van der Waals surface area contributed by atoms with Crippen LogP contribution in [0.2, 0.25) is 0 Å². The topological polar surface area (TPSA) is 88.6 Å². The van der Waals surface area contributed by atoms with Crippen LogP contribution in [0.15, 0.2) is 66.7 Å². The summed E-state index contributed by atoms with van der Waals surface area (Å²) in [5.41, 5.74) is 3.84.